The maximum absolute atomic E-state index is 11.9. The molecule has 0 bridgehead atoms. The SMILES string of the molecule is COCC(CO)NC(=O)c1cc(Cl)c(N)c(Cl)c1. The molecule has 0 saturated heterocycles. The van der Waals surface area contributed by atoms with Gasteiger partial charge in [0.2, 0.25) is 0 Å². The highest BCUT2D eigenvalue weighted by atomic mass is 35.5. The zero-order valence-electron chi connectivity index (χ0n) is 9.74. The summed E-state index contributed by atoms with van der Waals surface area (Å²) in [6.45, 7) is -0.0192. The molecule has 0 aromatic heterocycles. The van der Waals surface area contributed by atoms with Gasteiger partial charge in [0.05, 0.1) is 35.0 Å². The van der Waals surface area contributed by atoms with Crippen molar-refractivity contribution < 1.29 is 14.6 Å². The molecular weight excluding hydrogens is 279 g/mol. The van der Waals surface area contributed by atoms with Gasteiger partial charge in [-0.15, -0.1) is 0 Å². The number of nitrogens with one attached hydrogen (secondary N) is 1. The number of halogens is 2. The summed E-state index contributed by atoms with van der Waals surface area (Å²) in [4.78, 5) is 11.9. The maximum atomic E-state index is 11.9. The highest BCUT2D eigenvalue weighted by molar-refractivity contribution is 6.39. The molecule has 0 saturated carbocycles. The van der Waals surface area contributed by atoms with E-state index >= 15 is 0 Å². The summed E-state index contributed by atoms with van der Waals surface area (Å²) in [5.41, 5.74) is 6.07. The van der Waals surface area contributed by atoms with Crippen molar-refractivity contribution in [3.63, 3.8) is 0 Å². The molecule has 0 aliphatic carbocycles. The second-order valence-corrected chi connectivity index (χ2v) is 4.48. The Morgan fingerprint density at radius 2 is 2.06 bits per heavy atom. The van der Waals surface area contributed by atoms with Crippen LogP contribution < -0.4 is 11.1 Å². The summed E-state index contributed by atoms with van der Waals surface area (Å²) in [6, 6.07) is 2.34. The zero-order valence-corrected chi connectivity index (χ0v) is 11.3. The van der Waals surface area contributed by atoms with E-state index in [1.165, 1.54) is 19.2 Å². The lowest BCUT2D eigenvalue weighted by Gasteiger charge is -2.15. The molecule has 0 fully saturated rings. The minimum Gasteiger partial charge on any atom is -0.396 e. The number of rotatable bonds is 5. The first-order chi connectivity index (χ1) is 8.49. The van der Waals surface area contributed by atoms with E-state index in [1.54, 1.807) is 0 Å². The van der Waals surface area contributed by atoms with Crippen LogP contribution in [0.25, 0.3) is 0 Å². The standard InChI is InChI=1S/C11H14Cl2N2O3/c1-18-5-7(4-16)15-11(17)6-2-8(12)10(14)9(13)3-6/h2-3,7,16H,4-5,14H2,1H3,(H,15,17). The monoisotopic (exact) mass is 292 g/mol. The first-order valence-corrected chi connectivity index (χ1v) is 5.90. The molecule has 7 heteroatoms. The predicted octanol–water partition coefficient (Wildman–Crippen LogP) is 1.31. The Labute approximate surface area is 115 Å². The number of nitrogen functional groups attached to an aromatic ring is 1. The fourth-order valence-electron chi connectivity index (χ4n) is 1.33. The minimum atomic E-state index is -0.488. The van der Waals surface area contributed by atoms with Crippen molar-refractivity contribution >= 4 is 34.8 Å². The van der Waals surface area contributed by atoms with E-state index in [-0.39, 0.29) is 34.5 Å². The molecule has 18 heavy (non-hydrogen) atoms. The topological polar surface area (TPSA) is 84.6 Å². The highest BCUT2D eigenvalue weighted by Gasteiger charge is 2.15. The van der Waals surface area contributed by atoms with Crippen LogP contribution in [-0.4, -0.2) is 37.4 Å². The van der Waals surface area contributed by atoms with Crippen LogP contribution in [0, 0.1) is 0 Å². The van der Waals surface area contributed by atoms with Crippen molar-refractivity contribution in [3.05, 3.63) is 27.7 Å². The van der Waals surface area contributed by atoms with Crippen LogP contribution in [0.1, 0.15) is 10.4 Å². The molecule has 100 valence electrons. The molecule has 1 aromatic rings. The van der Waals surface area contributed by atoms with E-state index in [2.05, 4.69) is 5.32 Å². The number of carbonyl (C=O) groups excluding carboxylic acids is 1. The summed E-state index contributed by atoms with van der Waals surface area (Å²) in [5, 5.41) is 12.0. The average molecular weight is 293 g/mol. The van der Waals surface area contributed by atoms with Gasteiger partial charge in [0, 0.05) is 12.7 Å². The van der Waals surface area contributed by atoms with Gasteiger partial charge in [-0.3, -0.25) is 4.79 Å². The number of amides is 1. The van der Waals surface area contributed by atoms with E-state index in [0.29, 0.717) is 0 Å². The molecule has 0 spiro atoms. The van der Waals surface area contributed by atoms with Crippen LogP contribution in [0.5, 0.6) is 0 Å². The van der Waals surface area contributed by atoms with Gasteiger partial charge in [-0.05, 0) is 12.1 Å². The molecule has 5 nitrogen and oxygen atoms in total. The van der Waals surface area contributed by atoms with Gasteiger partial charge < -0.3 is 20.9 Å². The summed E-state index contributed by atoms with van der Waals surface area (Å²) >= 11 is 11.7. The zero-order chi connectivity index (χ0) is 13.7. The second-order valence-electron chi connectivity index (χ2n) is 3.66. The van der Waals surface area contributed by atoms with Gasteiger partial charge in [0.1, 0.15) is 0 Å². The molecule has 1 rings (SSSR count). The highest BCUT2D eigenvalue weighted by Crippen LogP contribution is 2.28. The Morgan fingerprint density at radius 3 is 2.50 bits per heavy atom. The first kappa shape index (κ1) is 15.0. The quantitative estimate of drug-likeness (QED) is 0.715. The fraction of sp³-hybridized carbons (Fsp3) is 0.364. The minimum absolute atomic E-state index is 0.207. The Kier molecular flexibility index (Phi) is 5.68. The van der Waals surface area contributed by atoms with Crippen LogP contribution in [0.15, 0.2) is 12.1 Å². The van der Waals surface area contributed by atoms with Crippen LogP contribution >= 0.6 is 23.2 Å². The third-order valence-electron chi connectivity index (χ3n) is 2.26. The van der Waals surface area contributed by atoms with Crippen LogP contribution in [0.2, 0.25) is 10.0 Å². The molecule has 0 heterocycles. The number of nitrogens with two attached hydrogens (primary N) is 1. The van der Waals surface area contributed by atoms with E-state index in [0.717, 1.165) is 0 Å². The largest absolute Gasteiger partial charge is 0.396 e. The number of hydrogen-bond acceptors (Lipinski definition) is 4. The normalized spacial score (nSPS) is 12.2. The van der Waals surface area contributed by atoms with Gasteiger partial charge in [-0.2, -0.15) is 0 Å². The summed E-state index contributed by atoms with van der Waals surface area (Å²) in [6.07, 6.45) is 0. The van der Waals surface area contributed by atoms with Gasteiger partial charge >= 0.3 is 0 Å². The number of anilines is 1. The fourth-order valence-corrected chi connectivity index (χ4v) is 1.81. The predicted molar refractivity (Wildman–Crippen MR) is 71.1 cm³/mol. The van der Waals surface area contributed by atoms with Gasteiger partial charge in [0.25, 0.3) is 5.91 Å². The number of hydrogen-bond donors (Lipinski definition) is 3. The maximum Gasteiger partial charge on any atom is 0.251 e. The second kappa shape index (κ2) is 6.80. The van der Waals surface area contributed by atoms with Crippen LogP contribution in [0.3, 0.4) is 0 Å². The van der Waals surface area contributed by atoms with Crippen molar-refractivity contribution in [1.29, 1.82) is 0 Å². The lowest BCUT2D eigenvalue weighted by atomic mass is 10.2. The van der Waals surface area contributed by atoms with E-state index in [1.807, 2.05) is 0 Å². The molecule has 1 amide bonds. The Bertz CT molecular complexity index is 417. The third-order valence-corrected chi connectivity index (χ3v) is 2.89. The Balaban J connectivity index is 2.84. The molecule has 1 atom stereocenters. The van der Waals surface area contributed by atoms with Crippen molar-refractivity contribution in [2.45, 2.75) is 6.04 Å². The van der Waals surface area contributed by atoms with E-state index in [4.69, 9.17) is 38.8 Å². The molecule has 1 unspecified atom stereocenters. The first-order valence-electron chi connectivity index (χ1n) is 5.14. The number of methoxy groups -OCH3 is 1. The Morgan fingerprint density at radius 1 is 1.50 bits per heavy atom. The lowest BCUT2D eigenvalue weighted by molar-refractivity contribution is 0.0839. The summed E-state index contributed by atoms with van der Waals surface area (Å²) in [7, 11) is 1.48. The lowest BCUT2D eigenvalue weighted by Crippen LogP contribution is -2.40. The van der Waals surface area contributed by atoms with E-state index in [9.17, 15) is 4.79 Å². The van der Waals surface area contributed by atoms with Crippen LogP contribution in [0.4, 0.5) is 5.69 Å². The third kappa shape index (κ3) is 3.74. The molecule has 0 radical (unpaired) electrons. The van der Waals surface area contributed by atoms with Gasteiger partial charge in [-0.25, -0.2) is 0 Å². The van der Waals surface area contributed by atoms with Crippen molar-refractivity contribution in [2.75, 3.05) is 26.1 Å². The molecule has 4 N–H and O–H groups in total. The van der Waals surface area contributed by atoms with Crippen molar-refractivity contribution in [2.24, 2.45) is 0 Å². The summed E-state index contributed by atoms with van der Waals surface area (Å²) < 4.78 is 4.85. The van der Waals surface area contributed by atoms with Gasteiger partial charge in [-0.1, -0.05) is 23.2 Å². The van der Waals surface area contributed by atoms with Crippen LogP contribution in [-0.2, 0) is 4.74 Å². The molecule has 0 aliphatic heterocycles. The Hall–Kier alpha value is -1.01. The number of aliphatic hydroxyl groups is 1. The number of aliphatic hydroxyl groups excluding tert-OH is 1. The van der Waals surface area contributed by atoms with E-state index < -0.39 is 11.9 Å². The smallest absolute Gasteiger partial charge is 0.251 e. The van der Waals surface area contributed by atoms with Crippen molar-refractivity contribution in [3.8, 4) is 0 Å². The molecule has 1 aromatic carbocycles. The van der Waals surface area contributed by atoms with Crippen molar-refractivity contribution in [1.82, 2.24) is 5.32 Å². The van der Waals surface area contributed by atoms with Gasteiger partial charge in [0.15, 0.2) is 0 Å². The molecular formula is C11H14Cl2N2O3. The number of benzene rings is 1. The average Bonchev–Trinajstić information content (AvgIpc) is 2.34. The number of ether oxygens (including phenoxy) is 1. The number of carbonyl (C=O) groups is 1. The molecule has 0 aliphatic rings. The summed E-state index contributed by atoms with van der Waals surface area (Å²) in [5.74, 6) is -0.408.